The monoisotopic (exact) mass is 356 g/mol. The van der Waals surface area contributed by atoms with Gasteiger partial charge in [-0.05, 0) is 43.4 Å². The number of piperidine rings is 1. The molecule has 0 saturated carbocycles. The summed E-state index contributed by atoms with van der Waals surface area (Å²) in [6, 6.07) is 7.97. The zero-order chi connectivity index (χ0) is 18.5. The molecule has 6 heteroatoms. The zero-order valence-electron chi connectivity index (χ0n) is 16.1. The third-order valence-electron chi connectivity index (χ3n) is 4.85. The van der Waals surface area contributed by atoms with Crippen LogP contribution in [0.1, 0.15) is 31.2 Å². The number of ether oxygens (including phenoxy) is 2. The maximum Gasteiger partial charge on any atom is 0.161 e. The molecule has 0 aliphatic carbocycles. The molecular formula is C20H28N4O2. The van der Waals surface area contributed by atoms with E-state index in [9.17, 15) is 0 Å². The summed E-state index contributed by atoms with van der Waals surface area (Å²) >= 11 is 0. The number of hydrogen-bond donors (Lipinski definition) is 1. The number of benzene rings is 1. The summed E-state index contributed by atoms with van der Waals surface area (Å²) in [6.45, 7) is 7.04. The smallest absolute Gasteiger partial charge is 0.161 e. The first-order chi connectivity index (χ1) is 12.6. The van der Waals surface area contributed by atoms with E-state index < -0.39 is 0 Å². The highest BCUT2D eigenvalue weighted by molar-refractivity contribution is 5.50. The van der Waals surface area contributed by atoms with Crippen molar-refractivity contribution < 1.29 is 9.47 Å². The van der Waals surface area contributed by atoms with Gasteiger partial charge in [-0.25, -0.2) is 9.97 Å². The summed E-state index contributed by atoms with van der Waals surface area (Å²) in [5.41, 5.74) is 1.10. The molecule has 1 aliphatic heterocycles. The van der Waals surface area contributed by atoms with Crippen molar-refractivity contribution in [3.8, 4) is 11.5 Å². The Balaban J connectivity index is 1.70. The van der Waals surface area contributed by atoms with Gasteiger partial charge in [0.15, 0.2) is 11.5 Å². The Hall–Kier alpha value is -2.50. The first kappa shape index (κ1) is 18.3. The standard InChI is InChI=1S/C20H28N4O2/c1-14-7-9-24(10-8-14)20-12-19(22-15(2)23-20)21-13-16-5-6-17(25-3)18(11-16)26-4/h5-6,11-12,14H,7-10,13H2,1-4H3,(H,21,22,23). The molecular weight excluding hydrogens is 328 g/mol. The lowest BCUT2D eigenvalue weighted by molar-refractivity contribution is 0.354. The molecule has 1 aromatic carbocycles. The molecule has 0 unspecified atom stereocenters. The van der Waals surface area contributed by atoms with Crippen LogP contribution in [0.4, 0.5) is 11.6 Å². The van der Waals surface area contributed by atoms with Crippen molar-refractivity contribution in [2.45, 2.75) is 33.2 Å². The van der Waals surface area contributed by atoms with E-state index in [-0.39, 0.29) is 0 Å². The van der Waals surface area contributed by atoms with Crippen LogP contribution in [-0.2, 0) is 6.54 Å². The summed E-state index contributed by atoms with van der Waals surface area (Å²) in [5, 5.41) is 3.40. The molecule has 2 heterocycles. The van der Waals surface area contributed by atoms with Gasteiger partial charge in [-0.15, -0.1) is 0 Å². The molecule has 26 heavy (non-hydrogen) atoms. The van der Waals surface area contributed by atoms with Gasteiger partial charge < -0.3 is 19.7 Å². The second-order valence-corrected chi connectivity index (χ2v) is 6.87. The number of aryl methyl sites for hydroxylation is 1. The van der Waals surface area contributed by atoms with Gasteiger partial charge in [-0.1, -0.05) is 13.0 Å². The van der Waals surface area contributed by atoms with Gasteiger partial charge in [-0.2, -0.15) is 0 Å². The summed E-state index contributed by atoms with van der Waals surface area (Å²) in [6.07, 6.45) is 2.44. The van der Waals surface area contributed by atoms with E-state index in [4.69, 9.17) is 9.47 Å². The van der Waals surface area contributed by atoms with Crippen LogP contribution in [-0.4, -0.2) is 37.3 Å². The minimum absolute atomic E-state index is 0.660. The first-order valence-corrected chi connectivity index (χ1v) is 9.14. The number of nitrogens with one attached hydrogen (secondary N) is 1. The molecule has 3 rings (SSSR count). The van der Waals surface area contributed by atoms with E-state index in [1.165, 1.54) is 12.8 Å². The molecule has 0 radical (unpaired) electrons. The molecule has 1 fully saturated rings. The van der Waals surface area contributed by atoms with E-state index in [1.807, 2.05) is 31.2 Å². The minimum Gasteiger partial charge on any atom is -0.493 e. The number of aromatic nitrogens is 2. The second-order valence-electron chi connectivity index (χ2n) is 6.87. The summed E-state index contributed by atoms with van der Waals surface area (Å²) < 4.78 is 10.7. The Morgan fingerprint density at radius 1 is 1.08 bits per heavy atom. The fraction of sp³-hybridized carbons (Fsp3) is 0.500. The molecule has 1 saturated heterocycles. The van der Waals surface area contributed by atoms with Crippen molar-refractivity contribution in [1.82, 2.24) is 9.97 Å². The lowest BCUT2D eigenvalue weighted by Crippen LogP contribution is -2.33. The second kappa shape index (κ2) is 8.25. The van der Waals surface area contributed by atoms with Gasteiger partial charge in [0, 0.05) is 25.7 Å². The third kappa shape index (κ3) is 4.36. The van der Waals surface area contributed by atoms with Gasteiger partial charge in [0.2, 0.25) is 0 Å². The van der Waals surface area contributed by atoms with Crippen molar-refractivity contribution >= 4 is 11.6 Å². The predicted octanol–water partition coefficient (Wildman–Crippen LogP) is 3.65. The molecule has 2 aromatic rings. The fourth-order valence-electron chi connectivity index (χ4n) is 3.23. The van der Waals surface area contributed by atoms with Crippen LogP contribution in [0.25, 0.3) is 0 Å². The number of methoxy groups -OCH3 is 2. The molecule has 0 spiro atoms. The van der Waals surface area contributed by atoms with Gasteiger partial charge in [-0.3, -0.25) is 0 Å². The Morgan fingerprint density at radius 3 is 2.50 bits per heavy atom. The normalized spacial score (nSPS) is 15.0. The number of anilines is 2. The molecule has 0 amide bonds. The summed E-state index contributed by atoms with van der Waals surface area (Å²) in [7, 11) is 3.29. The van der Waals surface area contributed by atoms with Crippen molar-refractivity contribution in [3.63, 3.8) is 0 Å². The van der Waals surface area contributed by atoms with E-state index in [0.717, 1.165) is 53.5 Å². The Labute approximate surface area is 155 Å². The number of hydrogen-bond acceptors (Lipinski definition) is 6. The van der Waals surface area contributed by atoms with Crippen molar-refractivity contribution in [1.29, 1.82) is 0 Å². The van der Waals surface area contributed by atoms with Gasteiger partial charge in [0.05, 0.1) is 14.2 Å². The van der Waals surface area contributed by atoms with E-state index in [2.05, 4.69) is 27.1 Å². The molecule has 0 atom stereocenters. The quantitative estimate of drug-likeness (QED) is 0.852. The molecule has 1 N–H and O–H groups in total. The van der Waals surface area contributed by atoms with E-state index in [0.29, 0.717) is 6.54 Å². The highest BCUT2D eigenvalue weighted by Crippen LogP contribution is 2.28. The zero-order valence-corrected chi connectivity index (χ0v) is 16.1. The van der Waals surface area contributed by atoms with Crippen LogP contribution in [0.15, 0.2) is 24.3 Å². The largest absolute Gasteiger partial charge is 0.493 e. The average molecular weight is 356 g/mol. The Morgan fingerprint density at radius 2 is 1.81 bits per heavy atom. The molecule has 140 valence electrons. The maximum atomic E-state index is 5.37. The molecule has 6 nitrogen and oxygen atoms in total. The number of rotatable bonds is 6. The van der Waals surface area contributed by atoms with Gasteiger partial charge in [0.1, 0.15) is 17.5 Å². The number of nitrogens with zero attached hydrogens (tertiary/aromatic N) is 3. The maximum absolute atomic E-state index is 5.37. The van der Waals surface area contributed by atoms with Crippen LogP contribution >= 0.6 is 0 Å². The Bertz CT molecular complexity index is 743. The summed E-state index contributed by atoms with van der Waals surface area (Å²) in [4.78, 5) is 11.5. The lowest BCUT2D eigenvalue weighted by atomic mass is 9.99. The SMILES string of the molecule is COc1ccc(CNc2cc(N3CCC(C)CC3)nc(C)n2)cc1OC. The van der Waals surface area contributed by atoms with Crippen LogP contribution in [0.5, 0.6) is 11.5 Å². The Kier molecular flexibility index (Phi) is 5.81. The summed E-state index contributed by atoms with van der Waals surface area (Å²) in [5.74, 6) is 4.91. The van der Waals surface area contributed by atoms with Crippen LogP contribution in [0, 0.1) is 12.8 Å². The lowest BCUT2D eigenvalue weighted by Gasteiger charge is -2.31. The molecule has 1 aliphatic rings. The van der Waals surface area contributed by atoms with E-state index in [1.54, 1.807) is 14.2 Å². The molecule has 1 aromatic heterocycles. The van der Waals surface area contributed by atoms with Crippen molar-refractivity contribution in [2.75, 3.05) is 37.5 Å². The van der Waals surface area contributed by atoms with Crippen LogP contribution in [0.2, 0.25) is 0 Å². The van der Waals surface area contributed by atoms with Crippen molar-refractivity contribution in [2.24, 2.45) is 5.92 Å². The van der Waals surface area contributed by atoms with E-state index >= 15 is 0 Å². The van der Waals surface area contributed by atoms with Crippen LogP contribution < -0.4 is 19.7 Å². The highest BCUT2D eigenvalue weighted by Gasteiger charge is 2.18. The first-order valence-electron chi connectivity index (χ1n) is 9.14. The average Bonchev–Trinajstić information content (AvgIpc) is 2.66. The van der Waals surface area contributed by atoms with Crippen molar-refractivity contribution in [3.05, 3.63) is 35.7 Å². The topological polar surface area (TPSA) is 59.5 Å². The van der Waals surface area contributed by atoms with Gasteiger partial charge in [0.25, 0.3) is 0 Å². The molecule has 0 bridgehead atoms. The minimum atomic E-state index is 0.660. The highest BCUT2D eigenvalue weighted by atomic mass is 16.5. The van der Waals surface area contributed by atoms with Gasteiger partial charge >= 0.3 is 0 Å². The fourth-order valence-corrected chi connectivity index (χ4v) is 3.23. The predicted molar refractivity (Wildman–Crippen MR) is 104 cm³/mol. The van der Waals surface area contributed by atoms with Crippen LogP contribution in [0.3, 0.4) is 0 Å². The third-order valence-corrected chi connectivity index (χ3v) is 4.85.